The van der Waals surface area contributed by atoms with Crippen LogP contribution in [-0.4, -0.2) is 117 Å². The van der Waals surface area contributed by atoms with Crippen LogP contribution >= 0.6 is 11.8 Å². The summed E-state index contributed by atoms with van der Waals surface area (Å²) >= 11 is 1.43. The minimum Gasteiger partial charge on any atom is -0.504 e. The van der Waals surface area contributed by atoms with Gasteiger partial charge in [0.25, 0.3) is 0 Å². The van der Waals surface area contributed by atoms with E-state index in [9.17, 15) is 24.6 Å². The van der Waals surface area contributed by atoms with E-state index >= 15 is 4.79 Å². The van der Waals surface area contributed by atoms with E-state index in [-0.39, 0.29) is 48.6 Å². The number of aliphatic hydroxyl groups excluding tert-OH is 1. The summed E-state index contributed by atoms with van der Waals surface area (Å²) in [7, 11) is 8.65. The van der Waals surface area contributed by atoms with Crippen LogP contribution in [0.4, 0.5) is 5.69 Å². The number of phenolic OH excluding ortho intramolecular Hbond substituents is 1. The van der Waals surface area contributed by atoms with Gasteiger partial charge in [-0.3, -0.25) is 24.7 Å². The fourth-order valence-corrected chi connectivity index (χ4v) is 13.7. The molecule has 2 fully saturated rings. The molecule has 0 saturated carbocycles. The highest BCUT2D eigenvalue weighted by molar-refractivity contribution is 7.99. The van der Waals surface area contributed by atoms with Crippen LogP contribution in [0.25, 0.3) is 11.0 Å². The number of esters is 3. The number of aryl methyl sites for hydroxylation is 1. The van der Waals surface area contributed by atoms with Crippen molar-refractivity contribution in [2.24, 2.45) is 0 Å². The van der Waals surface area contributed by atoms with Gasteiger partial charge in [-0.2, -0.15) is 0 Å². The van der Waals surface area contributed by atoms with Crippen molar-refractivity contribution >= 4 is 46.3 Å². The molecule has 4 aromatic carbocycles. The number of piperazine rings is 1. The van der Waals surface area contributed by atoms with Crippen molar-refractivity contribution in [2.75, 3.05) is 66.0 Å². The summed E-state index contributed by atoms with van der Waals surface area (Å²) in [5.41, 5.74) is 4.82. The number of phenols is 1. The predicted molar refractivity (Wildman–Crippen MR) is 259 cm³/mol. The fraction of sp³-hybridized carbons (Fsp3) is 0.423. The van der Waals surface area contributed by atoms with Crippen molar-refractivity contribution in [2.45, 2.75) is 81.2 Å². The average molecular weight is 991 g/mol. The lowest BCUT2D eigenvalue weighted by molar-refractivity contribution is -0.186. The van der Waals surface area contributed by atoms with Gasteiger partial charge in [0, 0.05) is 84.8 Å². The minimum atomic E-state index is -1.50. The summed E-state index contributed by atoms with van der Waals surface area (Å²) in [6.45, 7) is 5.00. The molecule has 18 nitrogen and oxygen atoms in total. The van der Waals surface area contributed by atoms with Gasteiger partial charge in [0.15, 0.2) is 40.0 Å². The van der Waals surface area contributed by atoms with Gasteiger partial charge in [-0.05, 0) is 85.8 Å². The van der Waals surface area contributed by atoms with Gasteiger partial charge < -0.3 is 52.7 Å². The van der Waals surface area contributed by atoms with Crippen molar-refractivity contribution in [1.82, 2.24) is 15.1 Å². The van der Waals surface area contributed by atoms with Gasteiger partial charge in [-0.15, -0.1) is 11.8 Å². The summed E-state index contributed by atoms with van der Waals surface area (Å²) < 4.78 is 48.2. The molecule has 1 aromatic heterocycles. The summed E-state index contributed by atoms with van der Waals surface area (Å²) in [5, 5.41) is 28.4. The van der Waals surface area contributed by atoms with Crippen molar-refractivity contribution in [3.8, 4) is 40.2 Å². The molecule has 7 aliphatic rings. The molecule has 71 heavy (non-hydrogen) atoms. The van der Waals surface area contributed by atoms with E-state index in [1.807, 2.05) is 56.9 Å². The lowest BCUT2D eigenvalue weighted by Crippen LogP contribution is -2.70. The smallest absolute Gasteiger partial charge is 0.336 e. The first-order valence-electron chi connectivity index (χ1n) is 23.5. The molecule has 7 aliphatic heterocycles. The molecule has 3 N–H and O–H groups in total. The number of carbonyl (C=O) groups excluding carboxylic acids is 3. The van der Waals surface area contributed by atoms with Gasteiger partial charge in [0.1, 0.15) is 24.2 Å². The third-order valence-electron chi connectivity index (χ3n) is 15.1. The second-order valence-corrected chi connectivity index (χ2v) is 20.4. The lowest BCUT2D eigenvalue weighted by Gasteiger charge is -2.62. The number of benzene rings is 4. The SMILES string of the molecule is COc1cc2c(cc1OC(=O)Cc1cc(=O)oc3cc(N(C)C)ccc13)CCN[C@]21CS[C@@H]2c3c(OC(C)=O)c(C)c4c(c3[C@H](COC1=O)N1C2[C@H]2c3c(cc(C)c(OC)c3O)C[C@@H]([C@@H]1O)N2C)OCO4. The Bertz CT molecular complexity index is 3160. The number of fused-ring (bicyclic) bond motifs is 10. The number of carbonyl (C=O) groups is 3. The van der Waals surface area contributed by atoms with E-state index in [2.05, 4.69) is 10.2 Å². The van der Waals surface area contributed by atoms with Gasteiger partial charge in [-0.25, -0.2) is 9.59 Å². The maximum atomic E-state index is 15.2. The normalized spacial score (nSPS) is 25.1. The molecule has 7 atom stereocenters. The van der Waals surface area contributed by atoms with Crippen LogP contribution in [-0.2, 0) is 43.9 Å². The summed E-state index contributed by atoms with van der Waals surface area (Å²) in [6.07, 6.45) is -0.481. The number of nitrogens with one attached hydrogen (secondary N) is 1. The highest BCUT2D eigenvalue weighted by atomic mass is 32.2. The Labute approximate surface area is 412 Å². The fourth-order valence-electron chi connectivity index (χ4n) is 12.0. The third kappa shape index (κ3) is 7.21. The van der Waals surface area contributed by atoms with Gasteiger partial charge >= 0.3 is 23.5 Å². The van der Waals surface area contributed by atoms with Gasteiger partial charge in [0.2, 0.25) is 6.79 Å². The second kappa shape index (κ2) is 17.4. The number of hydrogen-bond donors (Lipinski definition) is 3. The van der Waals surface area contributed by atoms with E-state index in [0.717, 1.165) is 16.8 Å². The Kier molecular flexibility index (Phi) is 11.5. The topological polar surface area (TPSA) is 208 Å². The van der Waals surface area contributed by atoms with Crippen LogP contribution in [0.5, 0.6) is 40.2 Å². The zero-order valence-electron chi connectivity index (χ0n) is 40.5. The number of aliphatic hydroxyl groups is 1. The predicted octanol–water partition coefficient (Wildman–Crippen LogP) is 5.03. The van der Waals surface area contributed by atoms with Gasteiger partial charge in [0.05, 0.1) is 44.0 Å². The Morgan fingerprint density at radius 2 is 1.73 bits per heavy atom. The Hall–Kier alpha value is -6.51. The van der Waals surface area contributed by atoms with Crippen LogP contribution in [0.1, 0.15) is 74.3 Å². The van der Waals surface area contributed by atoms with E-state index in [1.54, 1.807) is 24.3 Å². The maximum Gasteiger partial charge on any atom is 0.336 e. The zero-order valence-corrected chi connectivity index (χ0v) is 41.3. The standard InChI is InChI=1S/C52H54N4O14S/c1-23-13-28-14-32-50(61)56-33-20-65-51(62)52(31-19-35(63-7)36(15-26(31)11-12-53-52)70-38(59)17-27-16-37(58)69-34-18-29(54(4)5)9-10-30(27)34)21-71-49(43(56)42(55(32)6)39(28)44(60)45(23)64-8)41-40(33)48-47(66-22-67-48)24(2)46(41)68-25(3)57/h9-10,13,15-16,18-19,32-33,42-43,49-50,53,60-61H,11-12,14,17,20-22H2,1-8H3/t32-,33-,42+,43?,49+,50-,52+/m0/s1. The molecule has 372 valence electrons. The van der Waals surface area contributed by atoms with Crippen molar-refractivity contribution < 1.29 is 62.2 Å². The third-order valence-corrected chi connectivity index (χ3v) is 16.6. The molecule has 5 aromatic rings. The number of hydrogen-bond acceptors (Lipinski definition) is 19. The Morgan fingerprint density at radius 1 is 0.944 bits per heavy atom. The molecule has 2 saturated heterocycles. The monoisotopic (exact) mass is 990 g/mol. The quantitative estimate of drug-likeness (QED) is 0.111. The number of nitrogens with zero attached hydrogens (tertiary/aromatic N) is 3. The highest BCUT2D eigenvalue weighted by Crippen LogP contribution is 2.64. The van der Waals surface area contributed by atoms with Gasteiger partial charge in [-0.1, -0.05) is 6.07 Å². The van der Waals surface area contributed by atoms with E-state index in [1.165, 1.54) is 39.0 Å². The highest BCUT2D eigenvalue weighted by Gasteiger charge is 2.61. The zero-order chi connectivity index (χ0) is 49.9. The summed E-state index contributed by atoms with van der Waals surface area (Å²) in [4.78, 5) is 60.7. The van der Waals surface area contributed by atoms with E-state index < -0.39 is 64.7 Å². The number of thioether (sulfide) groups is 1. The second-order valence-electron chi connectivity index (χ2n) is 19.2. The largest absolute Gasteiger partial charge is 0.504 e. The summed E-state index contributed by atoms with van der Waals surface area (Å²) in [5.74, 6) is 0.0419. The molecular formula is C52H54N4O14S. The van der Waals surface area contributed by atoms with Crippen molar-refractivity contribution in [3.63, 3.8) is 0 Å². The first-order chi connectivity index (χ1) is 34.0. The van der Waals surface area contributed by atoms with Crippen LogP contribution in [0.15, 0.2) is 51.7 Å². The van der Waals surface area contributed by atoms with Crippen LogP contribution < -0.4 is 44.3 Å². The number of aromatic hydroxyl groups is 1. The number of likely N-dealkylation sites (N-methyl/N-ethyl adjacent to an activating group) is 1. The molecule has 0 aliphatic carbocycles. The molecule has 1 unspecified atom stereocenters. The molecule has 0 radical (unpaired) electrons. The number of ether oxygens (including phenoxy) is 7. The van der Waals surface area contributed by atoms with Crippen molar-refractivity contribution in [3.05, 3.63) is 103 Å². The first-order valence-corrected chi connectivity index (χ1v) is 24.5. The molecule has 0 amide bonds. The Morgan fingerprint density at radius 3 is 2.48 bits per heavy atom. The van der Waals surface area contributed by atoms with Crippen molar-refractivity contribution in [1.29, 1.82) is 0 Å². The molecule has 8 heterocycles. The number of rotatable bonds is 7. The molecular weight excluding hydrogens is 937 g/mol. The average Bonchev–Trinajstić information content (AvgIpc) is 3.83. The summed E-state index contributed by atoms with van der Waals surface area (Å²) in [6, 6.07) is 9.62. The molecule has 19 heteroatoms. The maximum absolute atomic E-state index is 15.2. The number of methoxy groups -OCH3 is 2. The minimum absolute atomic E-state index is 0.00478. The van der Waals surface area contributed by atoms with Crippen LogP contribution in [0.3, 0.4) is 0 Å². The van der Waals surface area contributed by atoms with Crippen LogP contribution in [0, 0.1) is 13.8 Å². The first kappa shape index (κ1) is 46.8. The van der Waals surface area contributed by atoms with E-state index in [4.69, 9.17) is 37.6 Å². The lowest BCUT2D eigenvalue weighted by atomic mass is 9.73. The van der Waals surface area contributed by atoms with E-state index in [0.29, 0.717) is 86.5 Å². The van der Waals surface area contributed by atoms with Crippen LogP contribution in [0.2, 0.25) is 0 Å². The molecule has 1 spiro atoms. The number of anilines is 1. The molecule has 12 rings (SSSR count). The molecule has 4 bridgehead atoms. The Balaban J connectivity index is 1.03.